The Morgan fingerprint density at radius 1 is 0.947 bits per heavy atom. The number of aliphatic hydroxyl groups is 1. The molecule has 0 spiro atoms. The number of rotatable bonds is 5. The van der Waals surface area contributed by atoms with Gasteiger partial charge in [-0.25, -0.2) is 0 Å². The smallest absolute Gasteiger partial charge is 0.119 e. The average Bonchev–Trinajstić information content (AvgIpc) is 2.45. The van der Waals surface area contributed by atoms with Crippen molar-refractivity contribution in [2.45, 2.75) is 12.3 Å². The third-order valence-corrected chi connectivity index (χ3v) is 3.10. The van der Waals surface area contributed by atoms with E-state index in [-0.39, 0.29) is 18.3 Å². The van der Waals surface area contributed by atoms with Crippen molar-refractivity contribution < 1.29 is 10.2 Å². The average molecular weight is 254 g/mol. The molecule has 0 aliphatic carbocycles. The minimum absolute atomic E-state index is 0.0198. The number of phenols is 1. The van der Waals surface area contributed by atoms with Crippen LogP contribution in [0.3, 0.4) is 0 Å². The molecule has 0 aliphatic rings. The van der Waals surface area contributed by atoms with E-state index in [1.54, 1.807) is 12.1 Å². The van der Waals surface area contributed by atoms with Crippen LogP contribution in [0.25, 0.3) is 6.08 Å². The van der Waals surface area contributed by atoms with E-state index in [0.29, 0.717) is 6.42 Å². The molecule has 0 radical (unpaired) electrons. The second-order valence-corrected chi connectivity index (χ2v) is 4.45. The molecule has 0 saturated carbocycles. The van der Waals surface area contributed by atoms with Crippen LogP contribution in [0.1, 0.15) is 23.5 Å². The Balaban J connectivity index is 2.22. The molecular weight excluding hydrogens is 236 g/mol. The van der Waals surface area contributed by atoms with Gasteiger partial charge in [-0.2, -0.15) is 0 Å². The number of benzene rings is 2. The van der Waals surface area contributed by atoms with E-state index in [2.05, 4.69) is 0 Å². The lowest BCUT2D eigenvalue weighted by molar-refractivity contribution is 0.282. The Kier molecular flexibility index (Phi) is 4.76. The van der Waals surface area contributed by atoms with E-state index >= 15 is 0 Å². The van der Waals surface area contributed by atoms with Crippen LogP contribution in [0.4, 0.5) is 0 Å². The van der Waals surface area contributed by atoms with Crippen LogP contribution in [0.15, 0.2) is 60.7 Å². The molecular formula is C17H18O2. The van der Waals surface area contributed by atoms with E-state index in [0.717, 1.165) is 11.1 Å². The lowest BCUT2D eigenvalue weighted by atomic mass is 9.94. The number of hydrogen-bond donors (Lipinski definition) is 2. The van der Waals surface area contributed by atoms with Crippen molar-refractivity contribution in [2.24, 2.45) is 0 Å². The Morgan fingerprint density at radius 3 is 2.32 bits per heavy atom. The van der Waals surface area contributed by atoms with E-state index in [1.807, 2.05) is 54.6 Å². The summed E-state index contributed by atoms with van der Waals surface area (Å²) < 4.78 is 0. The first-order valence-electron chi connectivity index (χ1n) is 6.43. The maximum Gasteiger partial charge on any atom is 0.119 e. The van der Waals surface area contributed by atoms with Crippen molar-refractivity contribution in [3.63, 3.8) is 0 Å². The Hall–Kier alpha value is -2.06. The van der Waals surface area contributed by atoms with Gasteiger partial charge in [0.1, 0.15) is 5.75 Å². The molecule has 2 nitrogen and oxygen atoms in total. The number of hydrogen-bond acceptors (Lipinski definition) is 2. The van der Waals surface area contributed by atoms with Gasteiger partial charge in [-0.1, -0.05) is 60.7 Å². The Labute approximate surface area is 113 Å². The number of aliphatic hydroxyl groups excluding tert-OH is 1. The third-order valence-electron chi connectivity index (χ3n) is 3.10. The molecule has 0 saturated heterocycles. The maximum absolute atomic E-state index is 9.89. The predicted molar refractivity (Wildman–Crippen MR) is 78.0 cm³/mol. The quantitative estimate of drug-likeness (QED) is 0.856. The highest BCUT2D eigenvalue weighted by molar-refractivity contribution is 5.51. The highest BCUT2D eigenvalue weighted by Gasteiger charge is 2.11. The summed E-state index contributed by atoms with van der Waals surface area (Å²) in [6, 6.07) is 17.3. The van der Waals surface area contributed by atoms with E-state index < -0.39 is 0 Å². The van der Waals surface area contributed by atoms with Crippen molar-refractivity contribution in [2.75, 3.05) is 6.61 Å². The van der Waals surface area contributed by atoms with E-state index in [9.17, 15) is 10.2 Å². The molecule has 0 heterocycles. The molecule has 1 atom stereocenters. The van der Waals surface area contributed by atoms with Gasteiger partial charge in [0, 0.05) is 18.1 Å². The van der Waals surface area contributed by atoms with Gasteiger partial charge >= 0.3 is 0 Å². The molecule has 0 amide bonds. The lowest BCUT2D eigenvalue weighted by Gasteiger charge is -2.13. The molecule has 98 valence electrons. The molecule has 1 unspecified atom stereocenters. The SMILES string of the molecule is OCCC(/C=C/c1ccccc1)c1ccccc1O. The second kappa shape index (κ2) is 6.76. The van der Waals surface area contributed by atoms with Gasteiger partial charge in [-0.3, -0.25) is 0 Å². The number of allylic oxidation sites excluding steroid dienone is 1. The minimum atomic E-state index is 0.0198. The van der Waals surface area contributed by atoms with Gasteiger partial charge < -0.3 is 10.2 Å². The van der Waals surface area contributed by atoms with Gasteiger partial charge in [0.25, 0.3) is 0 Å². The van der Waals surface area contributed by atoms with Crippen molar-refractivity contribution in [3.05, 3.63) is 71.8 Å². The van der Waals surface area contributed by atoms with Crippen LogP contribution in [0.5, 0.6) is 5.75 Å². The largest absolute Gasteiger partial charge is 0.508 e. The van der Waals surface area contributed by atoms with Crippen molar-refractivity contribution >= 4 is 6.08 Å². The van der Waals surface area contributed by atoms with E-state index in [4.69, 9.17) is 0 Å². The first kappa shape index (κ1) is 13.4. The molecule has 2 rings (SSSR count). The summed E-state index contributed by atoms with van der Waals surface area (Å²) in [4.78, 5) is 0. The molecule has 0 aromatic heterocycles. The number of para-hydroxylation sites is 1. The fourth-order valence-electron chi connectivity index (χ4n) is 2.09. The minimum Gasteiger partial charge on any atom is -0.508 e. The van der Waals surface area contributed by atoms with Crippen molar-refractivity contribution in [1.29, 1.82) is 0 Å². The Bertz CT molecular complexity index is 532. The zero-order valence-corrected chi connectivity index (χ0v) is 10.7. The third kappa shape index (κ3) is 3.70. The summed E-state index contributed by atoms with van der Waals surface area (Å²) in [5.41, 5.74) is 1.96. The number of phenolic OH excluding ortho intramolecular Hbond substituents is 1. The van der Waals surface area contributed by atoms with Gasteiger partial charge in [-0.15, -0.1) is 0 Å². The van der Waals surface area contributed by atoms with Crippen LogP contribution < -0.4 is 0 Å². The predicted octanol–water partition coefficient (Wildman–Crippen LogP) is 3.57. The summed E-state index contributed by atoms with van der Waals surface area (Å²) in [5, 5.41) is 19.1. The molecule has 2 N–H and O–H groups in total. The summed E-state index contributed by atoms with van der Waals surface area (Å²) in [6.07, 6.45) is 4.65. The van der Waals surface area contributed by atoms with Crippen LogP contribution in [0, 0.1) is 0 Å². The van der Waals surface area contributed by atoms with Crippen LogP contribution in [0.2, 0.25) is 0 Å². The van der Waals surface area contributed by atoms with Crippen LogP contribution in [-0.4, -0.2) is 16.8 Å². The maximum atomic E-state index is 9.89. The topological polar surface area (TPSA) is 40.5 Å². The molecule has 2 heteroatoms. The molecule has 0 fully saturated rings. The van der Waals surface area contributed by atoms with Crippen LogP contribution in [-0.2, 0) is 0 Å². The first-order chi connectivity index (χ1) is 9.31. The zero-order chi connectivity index (χ0) is 13.5. The summed E-state index contributed by atoms with van der Waals surface area (Å²) in [6.45, 7) is 0.0954. The zero-order valence-electron chi connectivity index (χ0n) is 10.7. The summed E-state index contributed by atoms with van der Waals surface area (Å²) in [7, 11) is 0. The summed E-state index contributed by atoms with van der Waals surface area (Å²) >= 11 is 0. The highest BCUT2D eigenvalue weighted by atomic mass is 16.3. The molecule has 19 heavy (non-hydrogen) atoms. The first-order valence-corrected chi connectivity index (χ1v) is 6.43. The Morgan fingerprint density at radius 2 is 1.63 bits per heavy atom. The van der Waals surface area contributed by atoms with Gasteiger partial charge in [-0.05, 0) is 18.1 Å². The summed E-state index contributed by atoms with van der Waals surface area (Å²) in [5.74, 6) is 0.296. The standard InChI is InChI=1S/C17H18O2/c18-13-12-15(16-8-4-5-9-17(16)19)11-10-14-6-2-1-3-7-14/h1-11,15,18-19H,12-13H2/b11-10+. The fraction of sp³-hybridized carbons (Fsp3) is 0.176. The van der Waals surface area contributed by atoms with Crippen molar-refractivity contribution in [1.82, 2.24) is 0 Å². The molecule has 0 aliphatic heterocycles. The fourth-order valence-corrected chi connectivity index (χ4v) is 2.09. The monoisotopic (exact) mass is 254 g/mol. The molecule has 0 bridgehead atoms. The van der Waals surface area contributed by atoms with Gasteiger partial charge in [0.15, 0.2) is 0 Å². The van der Waals surface area contributed by atoms with Gasteiger partial charge in [0.05, 0.1) is 0 Å². The molecule has 2 aromatic carbocycles. The molecule has 2 aromatic rings. The lowest BCUT2D eigenvalue weighted by Crippen LogP contribution is -1.98. The van der Waals surface area contributed by atoms with Crippen LogP contribution >= 0.6 is 0 Å². The normalized spacial score (nSPS) is 12.7. The van der Waals surface area contributed by atoms with Gasteiger partial charge in [0.2, 0.25) is 0 Å². The second-order valence-electron chi connectivity index (χ2n) is 4.45. The van der Waals surface area contributed by atoms with Crippen molar-refractivity contribution in [3.8, 4) is 5.75 Å². The highest BCUT2D eigenvalue weighted by Crippen LogP contribution is 2.29. The van der Waals surface area contributed by atoms with E-state index in [1.165, 1.54) is 0 Å². The number of aromatic hydroxyl groups is 1.